The van der Waals surface area contributed by atoms with E-state index >= 15 is 0 Å². The molecule has 0 radical (unpaired) electrons. The topological polar surface area (TPSA) is 139 Å². The monoisotopic (exact) mass is 457 g/mol. The first-order chi connectivity index (χ1) is 16.4. The number of aromatic nitrogens is 4. The summed E-state index contributed by atoms with van der Waals surface area (Å²) in [6.45, 7) is 4.10. The molecule has 9 heteroatoms. The minimum Gasteiger partial charge on any atom is -0.481 e. The van der Waals surface area contributed by atoms with Crippen LogP contribution in [0.5, 0.6) is 0 Å². The number of nitrogens with one attached hydrogen (secondary N) is 1. The lowest BCUT2D eigenvalue weighted by Gasteiger charge is -2.13. The molecule has 4 rings (SSSR count). The van der Waals surface area contributed by atoms with Crippen LogP contribution >= 0.6 is 0 Å². The molecule has 0 aliphatic heterocycles. The summed E-state index contributed by atoms with van der Waals surface area (Å²) in [6.07, 6.45) is 9.42. The lowest BCUT2D eigenvalue weighted by Crippen LogP contribution is -2.19. The quantitative estimate of drug-likeness (QED) is 0.361. The van der Waals surface area contributed by atoms with Crippen molar-refractivity contribution < 1.29 is 9.90 Å². The van der Waals surface area contributed by atoms with Crippen LogP contribution in [0.15, 0.2) is 60.2 Å². The Kier molecular flexibility index (Phi) is 6.36. The molecule has 3 aromatic rings. The Morgan fingerprint density at radius 3 is 2.41 bits per heavy atom. The lowest BCUT2D eigenvalue weighted by atomic mass is 9.95. The van der Waals surface area contributed by atoms with Crippen LogP contribution in [0.1, 0.15) is 49.6 Å². The number of carboxylic acids is 1. The molecule has 34 heavy (non-hydrogen) atoms. The number of aliphatic carboxylic acids is 1. The summed E-state index contributed by atoms with van der Waals surface area (Å²) in [6, 6.07) is 7.47. The Hall–Kier alpha value is -4.14. The molecule has 0 unspecified atom stereocenters. The number of nitrogens with zero attached hydrogens (tertiary/aromatic N) is 5. The van der Waals surface area contributed by atoms with Gasteiger partial charge in [0.05, 0.1) is 46.7 Å². The molecule has 0 bridgehead atoms. The van der Waals surface area contributed by atoms with Gasteiger partial charge in [-0.3, -0.25) is 24.7 Å². The third kappa shape index (κ3) is 4.50. The standard InChI is InChI=1S/C25H27N7O2/c1-15(2)19-11-28-14-22(31-19)32-23(27-3)18(10-26)21-13-29-20(12-30-21)16-4-6-17(7-5-16)25(8-9-25)24(33)34/h4-7,10-15H,8-9,26H2,1-3H3,(H,33,34)(H,27,31,32). The van der Waals surface area contributed by atoms with E-state index < -0.39 is 11.4 Å². The first-order valence-corrected chi connectivity index (χ1v) is 11.0. The molecule has 0 saturated heterocycles. The van der Waals surface area contributed by atoms with Crippen LogP contribution in [0, 0.1) is 0 Å². The molecule has 1 fully saturated rings. The summed E-state index contributed by atoms with van der Waals surface area (Å²) in [5, 5.41) is 12.7. The second-order valence-electron chi connectivity index (χ2n) is 8.51. The van der Waals surface area contributed by atoms with Crippen molar-refractivity contribution in [2.75, 3.05) is 12.4 Å². The molecule has 9 nitrogen and oxygen atoms in total. The van der Waals surface area contributed by atoms with Gasteiger partial charge in [0.1, 0.15) is 11.7 Å². The molecule has 1 aromatic carbocycles. The van der Waals surface area contributed by atoms with Crippen LogP contribution in [0.2, 0.25) is 0 Å². The molecular weight excluding hydrogens is 430 g/mol. The van der Waals surface area contributed by atoms with E-state index in [1.807, 2.05) is 24.3 Å². The summed E-state index contributed by atoms with van der Waals surface area (Å²) < 4.78 is 0. The van der Waals surface area contributed by atoms with Gasteiger partial charge in [0, 0.05) is 25.0 Å². The molecule has 2 aromatic heterocycles. The van der Waals surface area contributed by atoms with Crippen molar-refractivity contribution >= 4 is 23.2 Å². The van der Waals surface area contributed by atoms with Gasteiger partial charge in [-0.2, -0.15) is 0 Å². The van der Waals surface area contributed by atoms with E-state index in [4.69, 9.17) is 5.73 Å². The fraction of sp³-hybridized carbons (Fsp3) is 0.280. The SMILES string of the molecule is CN=C(Nc1cncc(C(C)C)n1)C(=CN)c1cnc(-c2ccc(C3(C(=O)O)CC3)cc2)cn1. The van der Waals surface area contributed by atoms with Gasteiger partial charge in [-0.25, -0.2) is 4.98 Å². The van der Waals surface area contributed by atoms with Crippen molar-refractivity contribution in [1.29, 1.82) is 0 Å². The number of nitrogens with two attached hydrogens (primary N) is 1. The van der Waals surface area contributed by atoms with Crippen molar-refractivity contribution in [2.24, 2.45) is 10.7 Å². The van der Waals surface area contributed by atoms with Crippen molar-refractivity contribution in [3.8, 4) is 11.3 Å². The number of aliphatic imine (C=N–C) groups is 1. The normalized spacial score (nSPS) is 15.3. The van der Waals surface area contributed by atoms with Gasteiger partial charge in [-0.1, -0.05) is 38.1 Å². The van der Waals surface area contributed by atoms with E-state index in [0.29, 0.717) is 41.5 Å². The number of anilines is 1. The smallest absolute Gasteiger partial charge is 0.314 e. The van der Waals surface area contributed by atoms with Crippen LogP contribution in [0.3, 0.4) is 0 Å². The Bertz CT molecular complexity index is 1250. The zero-order valence-corrected chi connectivity index (χ0v) is 19.4. The van der Waals surface area contributed by atoms with E-state index in [1.54, 1.807) is 31.8 Å². The number of benzene rings is 1. The molecule has 174 valence electrons. The number of hydrogen-bond acceptors (Lipinski definition) is 7. The molecule has 1 aliphatic rings. The molecule has 1 aliphatic carbocycles. The van der Waals surface area contributed by atoms with Crippen molar-refractivity contribution in [1.82, 2.24) is 19.9 Å². The fourth-order valence-electron chi connectivity index (χ4n) is 3.70. The van der Waals surface area contributed by atoms with Crippen molar-refractivity contribution in [3.63, 3.8) is 0 Å². The number of carbonyl (C=O) groups is 1. The van der Waals surface area contributed by atoms with Crippen LogP contribution < -0.4 is 11.1 Å². The first kappa shape index (κ1) is 23.0. The maximum absolute atomic E-state index is 11.6. The fourth-order valence-corrected chi connectivity index (χ4v) is 3.70. The Morgan fingerprint density at radius 1 is 1.15 bits per heavy atom. The highest BCUT2D eigenvalue weighted by molar-refractivity contribution is 6.27. The van der Waals surface area contributed by atoms with Crippen LogP contribution in [0.25, 0.3) is 16.8 Å². The zero-order valence-electron chi connectivity index (χ0n) is 19.4. The average molecular weight is 458 g/mol. The molecule has 0 amide bonds. The van der Waals surface area contributed by atoms with Crippen LogP contribution in [-0.4, -0.2) is 43.9 Å². The van der Waals surface area contributed by atoms with Crippen LogP contribution in [0.4, 0.5) is 5.82 Å². The third-order valence-electron chi connectivity index (χ3n) is 5.96. The predicted molar refractivity (Wildman–Crippen MR) is 131 cm³/mol. The Balaban J connectivity index is 1.53. The highest BCUT2D eigenvalue weighted by atomic mass is 16.4. The molecule has 0 spiro atoms. The van der Waals surface area contributed by atoms with Gasteiger partial charge in [-0.05, 0) is 24.3 Å². The third-order valence-corrected chi connectivity index (χ3v) is 5.96. The van der Waals surface area contributed by atoms with Gasteiger partial charge in [0.15, 0.2) is 0 Å². The lowest BCUT2D eigenvalue weighted by molar-refractivity contribution is -0.140. The number of amidine groups is 1. The van der Waals surface area contributed by atoms with E-state index in [1.165, 1.54) is 6.20 Å². The highest BCUT2D eigenvalue weighted by Crippen LogP contribution is 2.48. The molecule has 2 heterocycles. The van der Waals surface area contributed by atoms with Crippen LogP contribution in [-0.2, 0) is 10.2 Å². The van der Waals surface area contributed by atoms with E-state index in [2.05, 4.69) is 44.1 Å². The minimum atomic E-state index is -0.769. The summed E-state index contributed by atoms with van der Waals surface area (Å²) in [5.74, 6) is 0.528. The van der Waals surface area contributed by atoms with Gasteiger partial charge in [0.2, 0.25) is 0 Å². The van der Waals surface area contributed by atoms with Gasteiger partial charge >= 0.3 is 5.97 Å². The van der Waals surface area contributed by atoms with Crippen molar-refractivity contribution in [3.05, 3.63) is 72.2 Å². The molecular formula is C25H27N7O2. The highest BCUT2D eigenvalue weighted by Gasteiger charge is 2.51. The van der Waals surface area contributed by atoms with Crippen molar-refractivity contribution in [2.45, 2.75) is 38.0 Å². The molecule has 1 saturated carbocycles. The number of carboxylic acid groups (broad SMARTS) is 1. The van der Waals surface area contributed by atoms with Gasteiger partial charge in [0.25, 0.3) is 0 Å². The Labute approximate surface area is 197 Å². The van der Waals surface area contributed by atoms with E-state index in [-0.39, 0.29) is 5.92 Å². The maximum Gasteiger partial charge on any atom is 0.314 e. The maximum atomic E-state index is 11.6. The Morgan fingerprint density at radius 2 is 1.88 bits per heavy atom. The van der Waals surface area contributed by atoms with Gasteiger partial charge < -0.3 is 16.2 Å². The van der Waals surface area contributed by atoms with Gasteiger partial charge in [-0.15, -0.1) is 0 Å². The minimum absolute atomic E-state index is 0.243. The first-order valence-electron chi connectivity index (χ1n) is 11.0. The largest absolute Gasteiger partial charge is 0.481 e. The summed E-state index contributed by atoms with van der Waals surface area (Å²) in [5.41, 5.74) is 9.52. The molecule has 4 N–H and O–H groups in total. The average Bonchev–Trinajstić information content (AvgIpc) is 3.67. The number of hydrogen-bond donors (Lipinski definition) is 3. The summed E-state index contributed by atoms with van der Waals surface area (Å²) in [7, 11) is 1.65. The summed E-state index contributed by atoms with van der Waals surface area (Å²) in [4.78, 5) is 33.7. The molecule has 0 atom stereocenters. The van der Waals surface area contributed by atoms with E-state index in [9.17, 15) is 9.90 Å². The number of rotatable bonds is 7. The summed E-state index contributed by atoms with van der Waals surface area (Å²) >= 11 is 0. The zero-order chi connectivity index (χ0) is 24.3. The second kappa shape index (κ2) is 9.38. The predicted octanol–water partition coefficient (Wildman–Crippen LogP) is 3.61. The van der Waals surface area contributed by atoms with E-state index in [0.717, 1.165) is 16.8 Å². The second-order valence-corrected chi connectivity index (χ2v) is 8.51.